The molecule has 13 heteroatoms. The van der Waals surface area contributed by atoms with Gasteiger partial charge in [0.1, 0.15) is 11.4 Å². The van der Waals surface area contributed by atoms with Gasteiger partial charge in [-0.1, -0.05) is 12.1 Å². The van der Waals surface area contributed by atoms with Crippen LogP contribution in [-0.4, -0.2) is 39.8 Å². The number of aromatic nitrogens is 1. The number of anilines is 1. The number of hydrogen-bond donors (Lipinski definition) is 3. The Morgan fingerprint density at radius 2 is 1.86 bits per heavy atom. The summed E-state index contributed by atoms with van der Waals surface area (Å²) in [5.41, 5.74) is 6.73. The highest BCUT2D eigenvalue weighted by Crippen LogP contribution is 2.31. The van der Waals surface area contributed by atoms with E-state index in [-0.39, 0.29) is 32.5 Å². The highest BCUT2D eigenvalue weighted by molar-refractivity contribution is 7.91. The molecule has 1 heterocycles. The number of nitriles is 1. The number of benzene rings is 3. The summed E-state index contributed by atoms with van der Waals surface area (Å²) in [5.74, 6) is -1.15. The van der Waals surface area contributed by atoms with Crippen molar-refractivity contribution < 1.29 is 31.4 Å². The molecule has 1 atom stereocenters. The van der Waals surface area contributed by atoms with E-state index in [1.165, 1.54) is 35.9 Å². The van der Waals surface area contributed by atoms with Gasteiger partial charge in [-0.2, -0.15) is 9.47 Å². The van der Waals surface area contributed by atoms with Crippen molar-refractivity contribution in [3.05, 3.63) is 78.0 Å². The summed E-state index contributed by atoms with van der Waals surface area (Å²) in [6.07, 6.45) is 0. The predicted octanol–water partition coefficient (Wildman–Crippen LogP) is 2.64. The Bertz CT molecular complexity index is 1690. The summed E-state index contributed by atoms with van der Waals surface area (Å²) >= 11 is -2.57. The Hall–Kier alpha value is -4.22. The lowest BCUT2D eigenvalue weighted by atomic mass is 10.2. The van der Waals surface area contributed by atoms with Crippen LogP contribution < -0.4 is 10.8 Å². The highest BCUT2D eigenvalue weighted by Gasteiger charge is 2.22. The molecule has 184 valence electrons. The number of aromatic hydroxyl groups is 1. The maximum Gasteiger partial charge on any atom is 0.325 e. The molecule has 36 heavy (non-hydrogen) atoms. The van der Waals surface area contributed by atoms with E-state index in [4.69, 9.17) is 19.8 Å². The zero-order valence-corrected chi connectivity index (χ0v) is 20.2. The van der Waals surface area contributed by atoms with E-state index in [9.17, 15) is 22.5 Å². The molecule has 3 aromatic carbocycles. The molecular formula is C23H18N4O7S2. The summed E-state index contributed by atoms with van der Waals surface area (Å²) in [6, 6.07) is 17.2. The lowest BCUT2D eigenvalue weighted by molar-refractivity contribution is 0.0994. The number of hydroxylamine groups is 1. The van der Waals surface area contributed by atoms with Crippen molar-refractivity contribution in [2.75, 3.05) is 12.1 Å². The molecule has 1 aromatic heterocycles. The van der Waals surface area contributed by atoms with Crippen molar-refractivity contribution in [2.24, 2.45) is 5.73 Å². The van der Waals surface area contributed by atoms with Crippen LogP contribution in [0.15, 0.2) is 76.5 Å². The fraction of sp³-hybridized carbons (Fsp3) is 0.0435. The number of fused-ring (bicyclic) bond motifs is 1. The van der Waals surface area contributed by atoms with Crippen molar-refractivity contribution >= 4 is 43.7 Å². The maximum absolute atomic E-state index is 13.3. The third-order valence-electron chi connectivity index (χ3n) is 5.30. The summed E-state index contributed by atoms with van der Waals surface area (Å²) in [4.78, 5) is 11.8. The van der Waals surface area contributed by atoms with Gasteiger partial charge < -0.3 is 15.4 Å². The smallest absolute Gasteiger partial charge is 0.325 e. The van der Waals surface area contributed by atoms with Crippen LogP contribution in [0.25, 0.3) is 16.6 Å². The standard InChI is InChI=1S/C23H18N4O7S2/c1-26(34-35(30)31)16-6-5-15-9-22(23(25)29)27(21(15)11-16)17-3-2-4-19(10-17)36(32,33)20-8-14(13-24)7-18(28)12-20/h2-12,28H,1H3,(H2,25,29)(H,30,31). The van der Waals surface area contributed by atoms with Crippen molar-refractivity contribution in [2.45, 2.75) is 9.79 Å². The van der Waals surface area contributed by atoms with Gasteiger partial charge in [0.25, 0.3) is 5.91 Å². The highest BCUT2D eigenvalue weighted by atomic mass is 32.2. The van der Waals surface area contributed by atoms with Crippen LogP contribution in [0.3, 0.4) is 0 Å². The molecule has 1 amide bonds. The summed E-state index contributed by atoms with van der Waals surface area (Å²) in [7, 11) is -2.75. The number of amides is 1. The van der Waals surface area contributed by atoms with E-state index in [1.54, 1.807) is 30.3 Å². The second-order valence-electron chi connectivity index (χ2n) is 7.59. The second kappa shape index (κ2) is 9.44. The second-order valence-corrected chi connectivity index (χ2v) is 10.1. The zero-order valence-electron chi connectivity index (χ0n) is 18.5. The number of nitrogens with two attached hydrogens (primary N) is 1. The third kappa shape index (κ3) is 4.66. The van der Waals surface area contributed by atoms with E-state index >= 15 is 0 Å². The number of carbonyl (C=O) groups excluding carboxylic acids is 1. The van der Waals surface area contributed by atoms with Gasteiger partial charge in [-0.05, 0) is 54.6 Å². The Balaban J connectivity index is 1.90. The summed E-state index contributed by atoms with van der Waals surface area (Å²) < 4.78 is 52.9. The van der Waals surface area contributed by atoms with E-state index < -0.39 is 27.1 Å². The SMILES string of the molecule is CN(OS(=O)O)c1ccc2cc(C(N)=O)n(-c3cccc(S(=O)(=O)c4cc(O)cc(C#N)c4)c3)c2c1. The largest absolute Gasteiger partial charge is 0.508 e. The number of primary amides is 1. The molecule has 0 bridgehead atoms. The average Bonchev–Trinajstić information content (AvgIpc) is 3.22. The summed E-state index contributed by atoms with van der Waals surface area (Å²) in [5, 5.41) is 20.7. The van der Waals surface area contributed by atoms with Gasteiger partial charge in [-0.25, -0.2) is 13.5 Å². The van der Waals surface area contributed by atoms with Crippen LogP contribution in [0.5, 0.6) is 5.75 Å². The van der Waals surface area contributed by atoms with Gasteiger partial charge in [0.15, 0.2) is 0 Å². The van der Waals surface area contributed by atoms with Crippen LogP contribution in [0.1, 0.15) is 16.1 Å². The third-order valence-corrected chi connectivity index (χ3v) is 7.38. The first-order valence-corrected chi connectivity index (χ1v) is 12.6. The lowest BCUT2D eigenvalue weighted by Gasteiger charge is -2.16. The maximum atomic E-state index is 13.3. The minimum Gasteiger partial charge on any atom is -0.508 e. The van der Waals surface area contributed by atoms with Crippen LogP contribution in [0, 0.1) is 11.3 Å². The normalized spacial score (nSPS) is 12.2. The van der Waals surface area contributed by atoms with Crippen molar-refractivity contribution in [3.8, 4) is 17.5 Å². The Morgan fingerprint density at radius 1 is 1.11 bits per heavy atom. The lowest BCUT2D eigenvalue weighted by Crippen LogP contribution is -2.19. The molecule has 11 nitrogen and oxygen atoms in total. The Kier molecular flexibility index (Phi) is 6.53. The van der Waals surface area contributed by atoms with Crippen LogP contribution in [-0.2, 0) is 25.5 Å². The first kappa shape index (κ1) is 24.9. The predicted molar refractivity (Wildman–Crippen MR) is 130 cm³/mol. The molecule has 0 aliphatic rings. The zero-order chi connectivity index (χ0) is 26.2. The van der Waals surface area contributed by atoms with E-state index in [1.807, 2.05) is 0 Å². The van der Waals surface area contributed by atoms with Crippen molar-refractivity contribution in [1.29, 1.82) is 5.26 Å². The molecule has 0 aliphatic carbocycles. The van der Waals surface area contributed by atoms with Gasteiger partial charge in [-0.3, -0.25) is 9.35 Å². The minimum atomic E-state index is -4.16. The molecule has 4 aromatic rings. The molecule has 0 aliphatic heterocycles. The number of hydrogen-bond acceptors (Lipinski definition) is 8. The fourth-order valence-corrected chi connectivity index (χ4v) is 5.35. The topological polar surface area (TPSA) is 176 Å². The van der Waals surface area contributed by atoms with E-state index in [0.717, 1.165) is 23.3 Å². The van der Waals surface area contributed by atoms with Gasteiger partial charge in [0.05, 0.1) is 32.6 Å². The number of phenols is 1. The molecule has 4 N–H and O–H groups in total. The van der Waals surface area contributed by atoms with E-state index in [2.05, 4.69) is 0 Å². The van der Waals surface area contributed by atoms with Crippen LogP contribution in [0.2, 0.25) is 0 Å². The molecule has 0 radical (unpaired) electrons. The number of nitrogens with zero attached hydrogens (tertiary/aromatic N) is 3. The van der Waals surface area contributed by atoms with Crippen molar-refractivity contribution in [3.63, 3.8) is 0 Å². The van der Waals surface area contributed by atoms with Crippen LogP contribution >= 0.6 is 0 Å². The molecule has 4 rings (SSSR count). The number of carbonyl (C=O) groups is 1. The summed E-state index contributed by atoms with van der Waals surface area (Å²) in [6.45, 7) is 0. The molecule has 1 unspecified atom stereocenters. The van der Waals surface area contributed by atoms with Crippen molar-refractivity contribution in [1.82, 2.24) is 4.57 Å². The Labute approximate surface area is 207 Å². The average molecular weight is 527 g/mol. The van der Waals surface area contributed by atoms with E-state index in [0.29, 0.717) is 16.6 Å². The molecule has 0 saturated carbocycles. The number of sulfone groups is 1. The molecule has 0 fully saturated rings. The fourth-order valence-electron chi connectivity index (χ4n) is 3.71. The van der Waals surface area contributed by atoms with Gasteiger partial charge >= 0.3 is 11.4 Å². The first-order chi connectivity index (χ1) is 17.0. The first-order valence-electron chi connectivity index (χ1n) is 10.1. The number of phenolic OH excluding ortho intramolecular Hbond substituents is 1. The number of rotatable bonds is 7. The monoisotopic (exact) mass is 526 g/mol. The van der Waals surface area contributed by atoms with Crippen LogP contribution in [0.4, 0.5) is 5.69 Å². The van der Waals surface area contributed by atoms with Gasteiger partial charge in [0.2, 0.25) is 9.84 Å². The molecule has 0 spiro atoms. The van der Waals surface area contributed by atoms with Gasteiger partial charge in [0, 0.05) is 18.1 Å². The minimum absolute atomic E-state index is 0.0279. The Morgan fingerprint density at radius 3 is 2.53 bits per heavy atom. The molecular weight excluding hydrogens is 508 g/mol. The quantitative estimate of drug-likeness (QED) is 0.241. The molecule has 0 saturated heterocycles. The van der Waals surface area contributed by atoms with Gasteiger partial charge in [-0.15, -0.1) is 4.28 Å².